The molecule has 0 aliphatic carbocycles. The van der Waals surface area contributed by atoms with Gasteiger partial charge in [-0.1, -0.05) is 140 Å². The van der Waals surface area contributed by atoms with Gasteiger partial charge < -0.3 is 9.13 Å². The van der Waals surface area contributed by atoms with Crippen molar-refractivity contribution in [1.29, 1.82) is 0 Å². The van der Waals surface area contributed by atoms with Crippen molar-refractivity contribution in [3.8, 4) is 44.8 Å². The first-order valence-electron chi connectivity index (χ1n) is 19.5. The third kappa shape index (κ3) is 4.96. The lowest BCUT2D eigenvalue weighted by molar-refractivity contribution is 1.18. The lowest BCUT2D eigenvalue weighted by atomic mass is 9.97. The van der Waals surface area contributed by atoms with Crippen molar-refractivity contribution in [1.82, 2.24) is 9.13 Å². The Morgan fingerprint density at radius 2 is 0.895 bits per heavy atom. The number of rotatable bonds is 5. The molecule has 2 nitrogen and oxygen atoms in total. The number of hydrogen-bond donors (Lipinski definition) is 0. The van der Waals surface area contributed by atoms with E-state index in [2.05, 4.69) is 215 Å². The van der Waals surface area contributed by atoms with Crippen LogP contribution in [0.25, 0.3) is 109 Å². The number of fused-ring (bicyclic) bond motifs is 9. The molecule has 57 heavy (non-hydrogen) atoms. The molecular formula is C54H34N2S. The molecule has 266 valence electrons. The molecule has 12 aromatic rings. The highest BCUT2D eigenvalue weighted by molar-refractivity contribution is 7.26. The third-order valence-corrected chi connectivity index (χ3v) is 12.9. The van der Waals surface area contributed by atoms with Gasteiger partial charge in [-0.05, 0) is 94.5 Å². The predicted molar refractivity (Wildman–Crippen MR) is 244 cm³/mol. The molecule has 0 N–H and O–H groups in total. The monoisotopic (exact) mass is 742 g/mol. The molecule has 0 unspecified atom stereocenters. The molecule has 0 bridgehead atoms. The van der Waals surface area contributed by atoms with Crippen LogP contribution in [0.2, 0.25) is 0 Å². The largest absolute Gasteiger partial charge is 0.309 e. The van der Waals surface area contributed by atoms with Crippen LogP contribution in [-0.4, -0.2) is 9.13 Å². The summed E-state index contributed by atoms with van der Waals surface area (Å²) in [5.41, 5.74) is 14.5. The summed E-state index contributed by atoms with van der Waals surface area (Å²) in [6, 6.07) is 75.6. The highest BCUT2D eigenvalue weighted by Crippen LogP contribution is 2.45. The molecule has 0 amide bonds. The van der Waals surface area contributed by atoms with Gasteiger partial charge in [0, 0.05) is 58.7 Å². The molecule has 3 heteroatoms. The van der Waals surface area contributed by atoms with Crippen LogP contribution in [0.4, 0.5) is 0 Å². The van der Waals surface area contributed by atoms with Gasteiger partial charge in [0.25, 0.3) is 0 Å². The summed E-state index contributed by atoms with van der Waals surface area (Å²) in [5, 5.41) is 7.61. The quantitative estimate of drug-likeness (QED) is 0.166. The SMILES string of the molecule is c1ccc(-c2cccc(-c3cc(-n4c5ccccc5c5cc(-c6cccc7c6c6ccccc6n7-c6ccccc6)ccc54)cc4c3sc3ccccc34)c2)cc1. The van der Waals surface area contributed by atoms with Gasteiger partial charge in [0.1, 0.15) is 0 Å². The average molecular weight is 743 g/mol. The van der Waals surface area contributed by atoms with E-state index < -0.39 is 0 Å². The Hall–Kier alpha value is -7.20. The Labute approximate surface area is 333 Å². The second-order valence-electron chi connectivity index (χ2n) is 14.9. The zero-order valence-corrected chi connectivity index (χ0v) is 31.7. The number of nitrogens with zero attached hydrogens (tertiary/aromatic N) is 2. The van der Waals surface area contributed by atoms with Gasteiger partial charge in [-0.15, -0.1) is 11.3 Å². The molecule has 0 spiro atoms. The van der Waals surface area contributed by atoms with Gasteiger partial charge in [0.05, 0.1) is 22.1 Å². The number of thiophene rings is 1. The van der Waals surface area contributed by atoms with Gasteiger partial charge in [-0.3, -0.25) is 0 Å². The van der Waals surface area contributed by atoms with Gasteiger partial charge in [-0.2, -0.15) is 0 Å². The molecule has 0 fully saturated rings. The first kappa shape index (κ1) is 32.1. The van der Waals surface area contributed by atoms with Gasteiger partial charge in [0.15, 0.2) is 0 Å². The van der Waals surface area contributed by atoms with E-state index in [1.54, 1.807) is 0 Å². The van der Waals surface area contributed by atoms with Crippen LogP contribution in [-0.2, 0) is 0 Å². The average Bonchev–Trinajstić information content (AvgIpc) is 3.94. The van der Waals surface area contributed by atoms with Crippen molar-refractivity contribution >= 4 is 75.1 Å². The zero-order valence-electron chi connectivity index (χ0n) is 30.9. The molecule has 0 saturated heterocycles. The molecule has 0 aliphatic rings. The molecular weight excluding hydrogens is 709 g/mol. The summed E-state index contributed by atoms with van der Waals surface area (Å²) in [6.07, 6.45) is 0. The standard InChI is InChI=1S/C54H34N2S/c1-3-15-35(16-4-1)36-17-13-18-37(31-36)45-33-40(34-47-43-22-9-12-28-52(43)57-54(45)47)56-48-25-10-7-21-42(48)46-32-38(29-30-50(46)56)41-24-14-27-51-53(41)44-23-8-11-26-49(44)55(51)39-19-5-2-6-20-39/h1-34H. The van der Waals surface area contributed by atoms with Crippen LogP contribution in [0.15, 0.2) is 206 Å². The van der Waals surface area contributed by atoms with Crippen molar-refractivity contribution in [2.75, 3.05) is 0 Å². The molecule has 3 heterocycles. The summed E-state index contributed by atoms with van der Waals surface area (Å²) in [7, 11) is 0. The fourth-order valence-electron chi connectivity index (χ4n) is 9.19. The molecule has 0 saturated carbocycles. The third-order valence-electron chi connectivity index (χ3n) is 11.7. The number of aromatic nitrogens is 2. The van der Waals surface area contributed by atoms with Gasteiger partial charge in [0.2, 0.25) is 0 Å². The van der Waals surface area contributed by atoms with Crippen LogP contribution in [0, 0.1) is 0 Å². The van der Waals surface area contributed by atoms with E-state index in [4.69, 9.17) is 0 Å². The van der Waals surface area contributed by atoms with Crippen molar-refractivity contribution in [3.63, 3.8) is 0 Å². The van der Waals surface area contributed by atoms with Gasteiger partial charge >= 0.3 is 0 Å². The van der Waals surface area contributed by atoms with E-state index in [0.717, 1.165) is 5.69 Å². The van der Waals surface area contributed by atoms with E-state index in [-0.39, 0.29) is 0 Å². The van der Waals surface area contributed by atoms with E-state index in [0.29, 0.717) is 0 Å². The van der Waals surface area contributed by atoms with Gasteiger partial charge in [-0.25, -0.2) is 0 Å². The minimum atomic E-state index is 1.16. The normalized spacial score (nSPS) is 11.9. The maximum Gasteiger partial charge on any atom is 0.0547 e. The lowest BCUT2D eigenvalue weighted by Gasteiger charge is -2.13. The summed E-state index contributed by atoms with van der Waals surface area (Å²) >= 11 is 1.89. The van der Waals surface area contributed by atoms with Crippen molar-refractivity contribution in [2.24, 2.45) is 0 Å². The Morgan fingerprint density at radius 1 is 0.298 bits per heavy atom. The molecule has 3 aromatic heterocycles. The van der Waals surface area contributed by atoms with E-state index in [1.807, 2.05) is 11.3 Å². The summed E-state index contributed by atoms with van der Waals surface area (Å²) < 4.78 is 7.50. The second kappa shape index (κ2) is 12.7. The maximum absolute atomic E-state index is 2.48. The van der Waals surface area contributed by atoms with Crippen molar-refractivity contribution < 1.29 is 0 Å². The predicted octanol–water partition coefficient (Wildman–Crippen LogP) is 15.2. The minimum Gasteiger partial charge on any atom is -0.309 e. The van der Waals surface area contributed by atoms with Crippen LogP contribution in [0.1, 0.15) is 0 Å². The first-order valence-corrected chi connectivity index (χ1v) is 20.3. The van der Waals surface area contributed by atoms with Crippen LogP contribution >= 0.6 is 11.3 Å². The maximum atomic E-state index is 2.48. The number of para-hydroxylation sites is 3. The van der Waals surface area contributed by atoms with E-state index >= 15 is 0 Å². The summed E-state index contributed by atoms with van der Waals surface area (Å²) in [6.45, 7) is 0. The van der Waals surface area contributed by atoms with Crippen LogP contribution in [0.3, 0.4) is 0 Å². The van der Waals surface area contributed by atoms with Crippen LogP contribution in [0.5, 0.6) is 0 Å². The molecule has 0 radical (unpaired) electrons. The fraction of sp³-hybridized carbons (Fsp3) is 0. The van der Waals surface area contributed by atoms with Crippen molar-refractivity contribution in [2.45, 2.75) is 0 Å². The minimum absolute atomic E-state index is 1.16. The molecule has 0 aliphatic heterocycles. The lowest BCUT2D eigenvalue weighted by Crippen LogP contribution is -1.95. The highest BCUT2D eigenvalue weighted by Gasteiger charge is 2.20. The smallest absolute Gasteiger partial charge is 0.0547 e. The number of hydrogen-bond acceptors (Lipinski definition) is 1. The van der Waals surface area contributed by atoms with E-state index in [9.17, 15) is 0 Å². The van der Waals surface area contributed by atoms with Crippen LogP contribution < -0.4 is 0 Å². The fourth-order valence-corrected chi connectivity index (χ4v) is 10.4. The Morgan fingerprint density at radius 3 is 1.74 bits per heavy atom. The van der Waals surface area contributed by atoms with E-state index in [1.165, 1.54) is 103 Å². The highest BCUT2D eigenvalue weighted by atomic mass is 32.1. The molecule has 12 rings (SSSR count). The summed E-state index contributed by atoms with van der Waals surface area (Å²) in [4.78, 5) is 0. The summed E-state index contributed by atoms with van der Waals surface area (Å²) in [5.74, 6) is 0. The molecule has 0 atom stereocenters. The molecule has 9 aromatic carbocycles. The van der Waals surface area contributed by atoms with Crippen molar-refractivity contribution in [3.05, 3.63) is 206 Å². The first-order chi connectivity index (χ1) is 28.3. The Balaban J connectivity index is 1.10. The zero-order chi connectivity index (χ0) is 37.5. The second-order valence-corrected chi connectivity index (χ2v) is 15.9. The topological polar surface area (TPSA) is 9.86 Å². The Bertz CT molecular complexity index is 3510. The Kier molecular flexibility index (Phi) is 7.13. The number of benzene rings is 9.